The van der Waals surface area contributed by atoms with Gasteiger partial charge in [-0.2, -0.15) is 0 Å². The first-order chi connectivity index (χ1) is 12.0. The van der Waals surface area contributed by atoms with Crippen LogP contribution in [0.15, 0.2) is 0 Å². The van der Waals surface area contributed by atoms with Gasteiger partial charge in [0, 0.05) is 6.54 Å². The Kier molecular flexibility index (Phi) is 20.4. The summed E-state index contributed by atoms with van der Waals surface area (Å²) in [5, 5.41) is 8.12. The first kappa shape index (κ1) is 29.1. The third-order valence-corrected chi connectivity index (χ3v) is 3.04. The predicted molar refractivity (Wildman–Crippen MR) is 109 cm³/mol. The summed E-state index contributed by atoms with van der Waals surface area (Å²) in [5.74, 6) is 0.672. The van der Waals surface area contributed by atoms with Crippen LogP contribution in [0.25, 0.3) is 0 Å². The van der Waals surface area contributed by atoms with Gasteiger partial charge in [-0.15, -0.1) is 0 Å². The summed E-state index contributed by atoms with van der Waals surface area (Å²) in [7, 11) is 1.71. The number of hydrogen-bond donors (Lipinski definition) is 4. The van der Waals surface area contributed by atoms with E-state index in [1.807, 2.05) is 27.7 Å². The van der Waals surface area contributed by atoms with Gasteiger partial charge in [-0.05, 0) is 38.6 Å². The Morgan fingerprint density at radius 1 is 1.00 bits per heavy atom. The van der Waals surface area contributed by atoms with E-state index < -0.39 is 12.1 Å². The lowest BCUT2D eigenvalue weighted by atomic mass is 10.0. The summed E-state index contributed by atoms with van der Waals surface area (Å²) < 4.78 is 0. The number of nitrogens with two attached hydrogens (primary N) is 1. The fourth-order valence-corrected chi connectivity index (χ4v) is 1.92. The first-order valence-corrected chi connectivity index (χ1v) is 9.54. The van der Waals surface area contributed by atoms with E-state index in [4.69, 9.17) is 5.73 Å². The molecule has 7 nitrogen and oxygen atoms in total. The molecule has 0 heterocycles. The molecule has 0 rings (SSSR count). The molecule has 0 aliphatic carbocycles. The van der Waals surface area contributed by atoms with Crippen molar-refractivity contribution in [2.75, 3.05) is 13.6 Å². The quantitative estimate of drug-likeness (QED) is 0.464. The summed E-state index contributed by atoms with van der Waals surface area (Å²) in [6.07, 6.45) is 1.04. The molecular weight excluding hydrogens is 332 g/mol. The Hall–Kier alpha value is -1.63. The van der Waals surface area contributed by atoms with Gasteiger partial charge in [0.25, 0.3) is 0 Å². The molecule has 0 aliphatic heterocycles. The number of carbonyl (C=O) groups is 3. The third-order valence-electron chi connectivity index (χ3n) is 3.04. The van der Waals surface area contributed by atoms with Crippen molar-refractivity contribution in [1.82, 2.24) is 16.0 Å². The van der Waals surface area contributed by atoms with Crippen molar-refractivity contribution in [1.29, 1.82) is 0 Å². The number of ketones is 1. The molecule has 3 amide bonds. The van der Waals surface area contributed by atoms with Gasteiger partial charge in [-0.25, -0.2) is 4.79 Å². The lowest BCUT2D eigenvalue weighted by Crippen LogP contribution is -2.51. The van der Waals surface area contributed by atoms with Crippen LogP contribution in [0.5, 0.6) is 0 Å². The summed E-state index contributed by atoms with van der Waals surface area (Å²) >= 11 is 0. The summed E-state index contributed by atoms with van der Waals surface area (Å²) in [5.41, 5.74) is 4.95. The molecule has 0 aromatic carbocycles. The van der Waals surface area contributed by atoms with Crippen LogP contribution in [0.4, 0.5) is 4.79 Å². The van der Waals surface area contributed by atoms with Gasteiger partial charge in [0.05, 0.1) is 12.1 Å². The lowest BCUT2D eigenvalue weighted by molar-refractivity contribution is -0.129. The number of carbonyl (C=O) groups excluding carboxylic acids is 3. The average Bonchev–Trinajstić information content (AvgIpc) is 2.51. The zero-order chi connectivity index (χ0) is 21.3. The van der Waals surface area contributed by atoms with Crippen molar-refractivity contribution < 1.29 is 14.4 Å². The molecule has 0 saturated carbocycles. The number of amides is 3. The Morgan fingerprint density at radius 3 is 1.77 bits per heavy atom. The normalized spacial score (nSPS) is 12.1. The number of nitrogens with one attached hydrogen (secondary N) is 3. The van der Waals surface area contributed by atoms with Crippen molar-refractivity contribution in [2.24, 2.45) is 17.6 Å². The van der Waals surface area contributed by atoms with E-state index in [9.17, 15) is 14.4 Å². The number of primary amides is 1. The minimum Gasteiger partial charge on any atom is -0.352 e. The molecule has 26 heavy (non-hydrogen) atoms. The Labute approximate surface area is 160 Å². The molecule has 0 bridgehead atoms. The summed E-state index contributed by atoms with van der Waals surface area (Å²) in [4.78, 5) is 34.1. The molecule has 2 atom stereocenters. The van der Waals surface area contributed by atoms with Crippen LogP contribution < -0.4 is 21.7 Å². The molecule has 5 N–H and O–H groups in total. The predicted octanol–water partition coefficient (Wildman–Crippen LogP) is 2.44. The van der Waals surface area contributed by atoms with E-state index in [0.29, 0.717) is 19.4 Å². The van der Waals surface area contributed by atoms with E-state index in [2.05, 4.69) is 36.7 Å². The molecule has 0 fully saturated rings. The highest BCUT2D eigenvalue weighted by molar-refractivity contribution is 5.89. The first-order valence-electron chi connectivity index (χ1n) is 9.54. The SMILES string of the molecule is CC.CC(C)C.CNC(C(=O)NC(CCCNC(N)=O)C(C)=O)C(C)C. The molecule has 0 aromatic rings. The molecule has 0 aromatic heterocycles. The van der Waals surface area contributed by atoms with Crippen LogP contribution >= 0.6 is 0 Å². The maximum Gasteiger partial charge on any atom is 0.312 e. The minimum atomic E-state index is -0.594. The Morgan fingerprint density at radius 2 is 1.46 bits per heavy atom. The summed E-state index contributed by atoms with van der Waals surface area (Å²) in [6, 6.07) is -1.46. The fourth-order valence-electron chi connectivity index (χ4n) is 1.92. The highest BCUT2D eigenvalue weighted by Crippen LogP contribution is 2.04. The average molecular weight is 375 g/mol. The van der Waals surface area contributed by atoms with Gasteiger partial charge in [0.2, 0.25) is 5.91 Å². The topological polar surface area (TPSA) is 113 Å². The van der Waals surface area contributed by atoms with Crippen molar-refractivity contribution >= 4 is 17.7 Å². The number of Topliss-reactive ketones (excluding diaryl/α,β-unsaturated/α-hetero) is 1. The zero-order valence-electron chi connectivity index (χ0n) is 18.2. The number of hydrogen-bond acceptors (Lipinski definition) is 4. The molecule has 2 unspecified atom stereocenters. The standard InChI is InChI=1S/C13H26N4O3.C4H10.C2H6/c1-8(2)11(15-4)12(19)17-10(9(3)18)6-5-7-16-13(14)20;1-4(2)3;1-2/h8,10-11,15H,5-7H2,1-4H3,(H,17,19)(H3,14,16,20);4H,1-3H3;1-2H3. The molecule has 7 heteroatoms. The van der Waals surface area contributed by atoms with E-state index in [0.717, 1.165) is 5.92 Å². The van der Waals surface area contributed by atoms with Crippen LogP contribution in [0, 0.1) is 11.8 Å². The van der Waals surface area contributed by atoms with E-state index in [1.54, 1.807) is 7.05 Å². The summed E-state index contributed by atoms with van der Waals surface area (Å²) in [6.45, 7) is 16.2. The van der Waals surface area contributed by atoms with E-state index in [-0.39, 0.29) is 23.7 Å². The minimum absolute atomic E-state index is 0.101. The molecule has 0 spiro atoms. The van der Waals surface area contributed by atoms with Gasteiger partial charge in [-0.1, -0.05) is 48.5 Å². The maximum atomic E-state index is 12.1. The van der Waals surface area contributed by atoms with Crippen molar-refractivity contribution in [2.45, 2.75) is 80.3 Å². The Balaban J connectivity index is -0.000000769. The monoisotopic (exact) mass is 374 g/mol. The molecule has 0 aliphatic rings. The number of likely N-dealkylation sites (N-methyl/N-ethyl adjacent to an activating group) is 1. The molecule has 0 saturated heterocycles. The molecule has 156 valence electrons. The van der Waals surface area contributed by atoms with Gasteiger partial charge in [-0.3, -0.25) is 9.59 Å². The maximum absolute atomic E-state index is 12.1. The van der Waals surface area contributed by atoms with Gasteiger partial charge >= 0.3 is 6.03 Å². The van der Waals surface area contributed by atoms with Gasteiger partial charge < -0.3 is 21.7 Å². The second-order valence-corrected chi connectivity index (χ2v) is 6.85. The smallest absolute Gasteiger partial charge is 0.312 e. The van der Waals surface area contributed by atoms with Crippen LogP contribution in [-0.4, -0.2) is 43.4 Å². The zero-order valence-corrected chi connectivity index (χ0v) is 18.2. The Bertz CT molecular complexity index is 382. The van der Waals surface area contributed by atoms with E-state index >= 15 is 0 Å². The fraction of sp³-hybridized carbons (Fsp3) is 0.842. The largest absolute Gasteiger partial charge is 0.352 e. The van der Waals surface area contributed by atoms with Crippen LogP contribution in [-0.2, 0) is 9.59 Å². The second-order valence-electron chi connectivity index (χ2n) is 6.85. The van der Waals surface area contributed by atoms with Crippen LogP contribution in [0.2, 0.25) is 0 Å². The highest BCUT2D eigenvalue weighted by atomic mass is 16.2. The van der Waals surface area contributed by atoms with Crippen molar-refractivity contribution in [3.05, 3.63) is 0 Å². The van der Waals surface area contributed by atoms with Gasteiger partial charge in [0.15, 0.2) is 5.78 Å². The highest BCUT2D eigenvalue weighted by Gasteiger charge is 2.24. The van der Waals surface area contributed by atoms with Crippen LogP contribution in [0.1, 0.15) is 68.2 Å². The number of rotatable bonds is 9. The van der Waals surface area contributed by atoms with Crippen LogP contribution in [0.3, 0.4) is 0 Å². The molecule has 0 radical (unpaired) electrons. The van der Waals surface area contributed by atoms with Crippen molar-refractivity contribution in [3.8, 4) is 0 Å². The van der Waals surface area contributed by atoms with Crippen molar-refractivity contribution in [3.63, 3.8) is 0 Å². The lowest BCUT2D eigenvalue weighted by Gasteiger charge is -2.23. The third kappa shape index (κ3) is 18.7. The van der Waals surface area contributed by atoms with E-state index in [1.165, 1.54) is 6.92 Å². The number of urea groups is 1. The van der Waals surface area contributed by atoms with Gasteiger partial charge in [0.1, 0.15) is 0 Å². The second kappa shape index (κ2) is 18.2. The molecular formula is C19H42N4O3.